The lowest BCUT2D eigenvalue weighted by Crippen LogP contribution is -2.33. The van der Waals surface area contributed by atoms with Gasteiger partial charge in [-0.05, 0) is 19.1 Å². The van der Waals surface area contributed by atoms with E-state index >= 15 is 0 Å². The molecule has 0 aliphatic carbocycles. The van der Waals surface area contributed by atoms with E-state index in [9.17, 15) is 22.9 Å². The second-order valence-corrected chi connectivity index (χ2v) is 5.99. The summed E-state index contributed by atoms with van der Waals surface area (Å²) in [5.41, 5.74) is -1.10. The summed E-state index contributed by atoms with van der Waals surface area (Å²) in [7, 11) is -3.09. The van der Waals surface area contributed by atoms with Crippen LogP contribution in [0.3, 0.4) is 0 Å². The Labute approximate surface area is 109 Å². The van der Waals surface area contributed by atoms with Crippen LogP contribution in [-0.2, 0) is 10.0 Å². The van der Waals surface area contributed by atoms with Crippen molar-refractivity contribution in [1.29, 1.82) is 0 Å². The number of aliphatic hydroxyl groups is 1. The van der Waals surface area contributed by atoms with Crippen LogP contribution in [0.15, 0.2) is 23.1 Å². The minimum absolute atomic E-state index is 0.254. The molecule has 1 N–H and O–H groups in total. The van der Waals surface area contributed by atoms with E-state index < -0.39 is 37.5 Å². The number of hydrogen-bond donors (Lipinski definition) is 1. The van der Waals surface area contributed by atoms with Crippen LogP contribution in [0.1, 0.15) is 6.92 Å². The summed E-state index contributed by atoms with van der Waals surface area (Å²) in [4.78, 5) is 8.95. The van der Waals surface area contributed by atoms with Gasteiger partial charge in [-0.2, -0.15) is 8.70 Å². The topological polar surface area (TPSA) is 101 Å². The fraction of sp³-hybridized carbons (Fsp3) is 0.400. The number of likely N-dealkylation sites (N-methyl/N-ethyl adjacent to an activating group) is 1. The number of benzene rings is 1. The monoisotopic (exact) mass is 292 g/mol. The Hall–Kier alpha value is -1.58. The lowest BCUT2D eigenvalue weighted by Gasteiger charge is -2.18. The predicted molar refractivity (Wildman–Crippen MR) is 64.6 cm³/mol. The highest BCUT2D eigenvalue weighted by molar-refractivity contribution is 7.89. The fourth-order valence-electron chi connectivity index (χ4n) is 1.52. The van der Waals surface area contributed by atoms with Crippen LogP contribution in [0.5, 0.6) is 0 Å². The highest BCUT2D eigenvalue weighted by atomic mass is 32.2. The van der Waals surface area contributed by atoms with E-state index in [0.29, 0.717) is 0 Å². The van der Waals surface area contributed by atoms with Crippen molar-refractivity contribution < 1.29 is 22.8 Å². The van der Waals surface area contributed by atoms with Crippen molar-refractivity contribution >= 4 is 15.7 Å². The van der Waals surface area contributed by atoms with Gasteiger partial charge in [-0.3, -0.25) is 10.1 Å². The lowest BCUT2D eigenvalue weighted by molar-refractivity contribution is -0.390. The number of halogens is 1. The Balaban J connectivity index is 3.37. The van der Waals surface area contributed by atoms with Gasteiger partial charge < -0.3 is 5.11 Å². The van der Waals surface area contributed by atoms with Gasteiger partial charge in [0.05, 0.1) is 11.0 Å². The molecule has 0 heterocycles. The normalized spacial score (nSPS) is 13.5. The number of rotatable bonds is 5. The maximum absolute atomic E-state index is 13.4. The smallest absolute Gasteiger partial charge is 0.324 e. The SMILES string of the molecule is CC(O)CN(C)S(=O)(=O)c1cccc(F)c1[N+](=O)[O-]. The first-order valence-corrected chi connectivity index (χ1v) is 6.69. The van der Waals surface area contributed by atoms with Crippen LogP contribution in [0.25, 0.3) is 0 Å². The maximum Gasteiger partial charge on any atom is 0.324 e. The molecular weight excluding hydrogens is 279 g/mol. The highest BCUT2D eigenvalue weighted by Crippen LogP contribution is 2.28. The number of sulfonamides is 1. The quantitative estimate of drug-likeness (QED) is 0.637. The molecule has 0 fully saturated rings. The molecule has 0 saturated carbocycles. The summed E-state index contributed by atoms with van der Waals surface area (Å²) in [6.45, 7) is 1.11. The predicted octanol–water partition coefficient (Wildman–Crippen LogP) is 0.735. The van der Waals surface area contributed by atoms with Crippen LogP contribution in [0.4, 0.5) is 10.1 Å². The molecule has 19 heavy (non-hydrogen) atoms. The number of nitro groups is 1. The molecule has 0 amide bonds. The molecule has 0 aromatic heterocycles. The van der Waals surface area contributed by atoms with Crippen molar-refractivity contribution in [1.82, 2.24) is 4.31 Å². The third kappa shape index (κ3) is 3.25. The van der Waals surface area contributed by atoms with E-state index in [2.05, 4.69) is 0 Å². The molecule has 7 nitrogen and oxygen atoms in total. The molecule has 9 heteroatoms. The van der Waals surface area contributed by atoms with Gasteiger partial charge in [-0.1, -0.05) is 6.07 Å². The molecule has 0 spiro atoms. The Kier molecular flexibility index (Phi) is 4.56. The van der Waals surface area contributed by atoms with Gasteiger partial charge >= 0.3 is 5.69 Å². The zero-order valence-corrected chi connectivity index (χ0v) is 11.1. The van der Waals surface area contributed by atoms with E-state index in [1.54, 1.807) is 0 Å². The maximum atomic E-state index is 13.4. The largest absolute Gasteiger partial charge is 0.392 e. The molecule has 1 aromatic carbocycles. The van der Waals surface area contributed by atoms with Gasteiger partial charge in [0.15, 0.2) is 4.90 Å². The molecule has 1 rings (SSSR count). The van der Waals surface area contributed by atoms with E-state index in [1.807, 2.05) is 0 Å². The number of para-hydroxylation sites is 1. The summed E-state index contributed by atoms with van der Waals surface area (Å²) in [6, 6.07) is 2.84. The molecule has 0 aliphatic heterocycles. The first-order chi connectivity index (χ1) is 8.67. The zero-order chi connectivity index (χ0) is 14.8. The van der Waals surface area contributed by atoms with Crippen LogP contribution in [-0.4, -0.2) is 42.4 Å². The second-order valence-electron chi connectivity index (χ2n) is 3.98. The van der Waals surface area contributed by atoms with E-state index in [0.717, 1.165) is 29.6 Å². The van der Waals surface area contributed by atoms with Crippen molar-refractivity contribution in [2.45, 2.75) is 17.9 Å². The molecular formula is C10H13FN2O5S. The molecule has 0 aliphatic rings. The number of hydrogen-bond acceptors (Lipinski definition) is 5. The van der Waals surface area contributed by atoms with Crippen molar-refractivity contribution in [3.05, 3.63) is 34.1 Å². The summed E-state index contributed by atoms with van der Waals surface area (Å²) < 4.78 is 38.3. The molecule has 1 aromatic rings. The number of nitrogens with zero attached hydrogens (tertiary/aromatic N) is 2. The van der Waals surface area contributed by atoms with Crippen LogP contribution < -0.4 is 0 Å². The minimum atomic E-state index is -4.24. The summed E-state index contributed by atoms with van der Waals surface area (Å²) in [5, 5.41) is 19.9. The van der Waals surface area contributed by atoms with Gasteiger partial charge in [-0.15, -0.1) is 0 Å². The Bertz CT molecular complexity index is 588. The van der Waals surface area contributed by atoms with Crippen molar-refractivity contribution in [3.8, 4) is 0 Å². The highest BCUT2D eigenvalue weighted by Gasteiger charge is 2.32. The Morgan fingerprint density at radius 3 is 2.58 bits per heavy atom. The summed E-state index contributed by atoms with van der Waals surface area (Å²) in [5.74, 6) is -1.23. The average Bonchev–Trinajstić information content (AvgIpc) is 2.26. The van der Waals surface area contributed by atoms with Crippen LogP contribution in [0.2, 0.25) is 0 Å². The van der Waals surface area contributed by atoms with Crippen molar-refractivity contribution in [2.75, 3.05) is 13.6 Å². The van der Waals surface area contributed by atoms with Gasteiger partial charge in [0.1, 0.15) is 0 Å². The molecule has 106 valence electrons. The molecule has 0 saturated heterocycles. The third-order valence-corrected chi connectivity index (χ3v) is 4.20. The Morgan fingerprint density at radius 2 is 2.11 bits per heavy atom. The molecule has 1 unspecified atom stereocenters. The van der Waals surface area contributed by atoms with E-state index in [-0.39, 0.29) is 6.54 Å². The first-order valence-electron chi connectivity index (χ1n) is 5.25. The zero-order valence-electron chi connectivity index (χ0n) is 10.3. The standard InChI is InChI=1S/C10H13FN2O5S/c1-7(14)6-12(2)19(17,18)9-5-3-4-8(11)10(9)13(15)16/h3-5,7,14H,6H2,1-2H3. The van der Waals surface area contributed by atoms with E-state index in [1.165, 1.54) is 6.92 Å². The van der Waals surface area contributed by atoms with Crippen LogP contribution >= 0.6 is 0 Å². The fourth-order valence-corrected chi connectivity index (χ4v) is 2.93. The van der Waals surface area contributed by atoms with Gasteiger partial charge in [0.2, 0.25) is 15.8 Å². The lowest BCUT2D eigenvalue weighted by atomic mass is 10.3. The third-order valence-electron chi connectivity index (χ3n) is 2.34. The Morgan fingerprint density at radius 1 is 1.53 bits per heavy atom. The average molecular weight is 292 g/mol. The number of nitro benzene ring substituents is 1. The van der Waals surface area contributed by atoms with Gasteiger partial charge in [0, 0.05) is 13.6 Å². The summed E-state index contributed by atoms with van der Waals surface area (Å²) in [6.07, 6.45) is -0.951. The number of aliphatic hydroxyl groups excluding tert-OH is 1. The van der Waals surface area contributed by atoms with Gasteiger partial charge in [0.25, 0.3) is 0 Å². The van der Waals surface area contributed by atoms with Crippen molar-refractivity contribution in [3.63, 3.8) is 0 Å². The minimum Gasteiger partial charge on any atom is -0.392 e. The molecule has 0 radical (unpaired) electrons. The van der Waals surface area contributed by atoms with Crippen LogP contribution in [0, 0.1) is 15.9 Å². The molecule has 1 atom stereocenters. The second kappa shape index (κ2) is 5.59. The molecule has 0 bridgehead atoms. The van der Waals surface area contributed by atoms with Gasteiger partial charge in [-0.25, -0.2) is 8.42 Å². The summed E-state index contributed by atoms with van der Waals surface area (Å²) >= 11 is 0. The van der Waals surface area contributed by atoms with Crippen molar-refractivity contribution in [2.24, 2.45) is 0 Å². The first kappa shape index (κ1) is 15.5. The van der Waals surface area contributed by atoms with E-state index in [4.69, 9.17) is 5.11 Å².